The van der Waals surface area contributed by atoms with Crippen molar-refractivity contribution in [2.45, 2.75) is 32.4 Å². The minimum atomic E-state index is 0.134. The minimum Gasteiger partial charge on any atom is -0.447 e. The maximum Gasteiger partial charge on any atom is 0.180 e. The second-order valence-electron chi connectivity index (χ2n) is 2.86. The Balaban J connectivity index is 2.29. The molecule has 1 N–H and O–H groups in total. The number of hydrogen-bond acceptors (Lipinski definition) is 3. The molecule has 0 aromatic carbocycles. The number of rotatable bonds is 5. The lowest BCUT2D eigenvalue weighted by atomic mass is 10.2. The van der Waals surface area contributed by atoms with E-state index in [1.54, 1.807) is 6.20 Å². The predicted molar refractivity (Wildman–Crippen MR) is 50.9 cm³/mol. The maximum absolute atomic E-state index is 5.34. The first-order chi connectivity index (χ1) is 6.36. The number of nitrogens with zero attached hydrogens (tertiary/aromatic N) is 1. The van der Waals surface area contributed by atoms with Gasteiger partial charge in [0.15, 0.2) is 6.39 Å². The van der Waals surface area contributed by atoms with Crippen molar-refractivity contribution in [2.75, 3.05) is 0 Å². The zero-order valence-electron chi connectivity index (χ0n) is 7.79. The fourth-order valence-corrected chi connectivity index (χ4v) is 1.09. The normalized spacial score (nSPS) is 12.3. The molecule has 0 saturated carbocycles. The minimum absolute atomic E-state index is 0.134. The van der Waals surface area contributed by atoms with E-state index in [-0.39, 0.29) is 6.04 Å². The zero-order chi connectivity index (χ0) is 9.52. The van der Waals surface area contributed by atoms with Gasteiger partial charge in [0.2, 0.25) is 0 Å². The van der Waals surface area contributed by atoms with Gasteiger partial charge >= 0.3 is 0 Å². The van der Waals surface area contributed by atoms with Crippen LogP contribution in [0.5, 0.6) is 0 Å². The van der Waals surface area contributed by atoms with Crippen molar-refractivity contribution < 1.29 is 4.42 Å². The second-order valence-corrected chi connectivity index (χ2v) is 2.86. The van der Waals surface area contributed by atoms with E-state index >= 15 is 0 Å². The molecule has 1 aromatic heterocycles. The standard InChI is InChI=1S/C10H14N2O/c1-3-5-9(4-2)12-7-10-6-11-8-13-10/h2,6,8-9,12H,3,5,7H2,1H3. The molecule has 0 spiro atoms. The highest BCUT2D eigenvalue weighted by Crippen LogP contribution is 1.99. The van der Waals surface area contributed by atoms with Crippen LogP contribution in [0.15, 0.2) is 17.0 Å². The summed E-state index contributed by atoms with van der Waals surface area (Å²) >= 11 is 0. The third-order valence-electron chi connectivity index (χ3n) is 1.78. The van der Waals surface area contributed by atoms with Gasteiger partial charge in [-0.15, -0.1) is 6.42 Å². The van der Waals surface area contributed by atoms with Gasteiger partial charge in [0, 0.05) is 0 Å². The number of aromatic nitrogens is 1. The van der Waals surface area contributed by atoms with E-state index in [1.807, 2.05) is 0 Å². The number of hydrogen-bond donors (Lipinski definition) is 1. The molecule has 0 saturated heterocycles. The molecule has 3 heteroatoms. The van der Waals surface area contributed by atoms with Gasteiger partial charge in [-0.05, 0) is 6.42 Å². The lowest BCUT2D eigenvalue weighted by Crippen LogP contribution is -2.26. The molecule has 1 atom stereocenters. The summed E-state index contributed by atoms with van der Waals surface area (Å²) in [4.78, 5) is 3.81. The quantitative estimate of drug-likeness (QED) is 0.695. The third-order valence-corrected chi connectivity index (χ3v) is 1.78. The molecule has 1 heterocycles. The van der Waals surface area contributed by atoms with E-state index in [1.165, 1.54) is 6.39 Å². The lowest BCUT2D eigenvalue weighted by Gasteiger charge is -2.09. The Labute approximate surface area is 78.5 Å². The first-order valence-electron chi connectivity index (χ1n) is 4.43. The summed E-state index contributed by atoms with van der Waals surface area (Å²) in [5.41, 5.74) is 0. The highest BCUT2D eigenvalue weighted by atomic mass is 16.3. The van der Waals surface area contributed by atoms with Gasteiger partial charge in [0.1, 0.15) is 5.76 Å². The molecule has 70 valence electrons. The van der Waals surface area contributed by atoms with Crippen LogP contribution in [0.3, 0.4) is 0 Å². The molecule has 0 aliphatic rings. The molecule has 0 aliphatic carbocycles. The van der Waals surface area contributed by atoms with Gasteiger partial charge in [-0.25, -0.2) is 4.98 Å². The average Bonchev–Trinajstić information content (AvgIpc) is 2.64. The largest absolute Gasteiger partial charge is 0.447 e. The monoisotopic (exact) mass is 178 g/mol. The third kappa shape index (κ3) is 3.30. The Morgan fingerprint density at radius 2 is 2.62 bits per heavy atom. The summed E-state index contributed by atoms with van der Waals surface area (Å²) in [7, 11) is 0. The van der Waals surface area contributed by atoms with Gasteiger partial charge in [0.25, 0.3) is 0 Å². The highest BCUT2D eigenvalue weighted by molar-refractivity contribution is 5.00. The van der Waals surface area contributed by atoms with Crippen molar-refractivity contribution in [1.29, 1.82) is 0 Å². The van der Waals surface area contributed by atoms with Crippen molar-refractivity contribution in [3.63, 3.8) is 0 Å². The number of terminal acetylenes is 1. The molecule has 0 bridgehead atoms. The van der Waals surface area contributed by atoms with Crippen molar-refractivity contribution in [3.05, 3.63) is 18.4 Å². The van der Waals surface area contributed by atoms with Crippen molar-refractivity contribution >= 4 is 0 Å². The van der Waals surface area contributed by atoms with Crippen LogP contribution in [-0.2, 0) is 6.54 Å². The molecule has 1 aromatic rings. The second kappa shape index (κ2) is 5.39. The van der Waals surface area contributed by atoms with Crippen LogP contribution < -0.4 is 5.32 Å². The summed E-state index contributed by atoms with van der Waals surface area (Å²) in [6.45, 7) is 2.76. The van der Waals surface area contributed by atoms with Crippen LogP contribution in [0.25, 0.3) is 0 Å². The summed E-state index contributed by atoms with van der Waals surface area (Å²) in [6, 6.07) is 0.134. The molecule has 3 nitrogen and oxygen atoms in total. The van der Waals surface area contributed by atoms with Crippen molar-refractivity contribution in [1.82, 2.24) is 10.3 Å². The van der Waals surface area contributed by atoms with E-state index in [0.717, 1.165) is 18.6 Å². The van der Waals surface area contributed by atoms with Crippen LogP contribution in [0, 0.1) is 12.3 Å². The van der Waals surface area contributed by atoms with Crippen molar-refractivity contribution in [3.8, 4) is 12.3 Å². The molecular weight excluding hydrogens is 164 g/mol. The molecule has 1 unspecified atom stereocenters. The van der Waals surface area contributed by atoms with Crippen LogP contribution in [-0.4, -0.2) is 11.0 Å². The first kappa shape index (κ1) is 9.82. The summed E-state index contributed by atoms with van der Waals surface area (Å²) in [5, 5.41) is 3.20. The van der Waals surface area contributed by atoms with E-state index in [2.05, 4.69) is 23.1 Å². The summed E-state index contributed by atoms with van der Waals surface area (Å²) < 4.78 is 5.06. The number of nitrogens with one attached hydrogen (secondary N) is 1. The van der Waals surface area contributed by atoms with Gasteiger partial charge in [-0.2, -0.15) is 0 Å². The molecule has 0 aliphatic heterocycles. The Morgan fingerprint density at radius 1 is 1.77 bits per heavy atom. The maximum atomic E-state index is 5.34. The van der Waals surface area contributed by atoms with E-state index in [0.29, 0.717) is 6.54 Å². The Kier molecular flexibility index (Phi) is 4.07. The summed E-state index contributed by atoms with van der Waals surface area (Å²) in [5.74, 6) is 3.51. The highest BCUT2D eigenvalue weighted by Gasteiger charge is 2.03. The molecular formula is C10H14N2O. The number of oxazole rings is 1. The van der Waals surface area contributed by atoms with Crippen LogP contribution in [0.2, 0.25) is 0 Å². The van der Waals surface area contributed by atoms with Gasteiger partial charge < -0.3 is 4.42 Å². The average molecular weight is 178 g/mol. The zero-order valence-corrected chi connectivity index (χ0v) is 7.79. The van der Waals surface area contributed by atoms with Gasteiger partial charge in [0.05, 0.1) is 18.8 Å². The van der Waals surface area contributed by atoms with Crippen LogP contribution in [0.4, 0.5) is 0 Å². The topological polar surface area (TPSA) is 38.1 Å². The van der Waals surface area contributed by atoms with E-state index in [4.69, 9.17) is 10.8 Å². The van der Waals surface area contributed by atoms with Gasteiger partial charge in [-0.1, -0.05) is 19.3 Å². The van der Waals surface area contributed by atoms with Gasteiger partial charge in [-0.3, -0.25) is 5.32 Å². The summed E-state index contributed by atoms with van der Waals surface area (Å²) in [6.07, 6.45) is 10.5. The van der Waals surface area contributed by atoms with Crippen LogP contribution >= 0.6 is 0 Å². The Hall–Kier alpha value is -1.27. The smallest absolute Gasteiger partial charge is 0.180 e. The molecule has 13 heavy (non-hydrogen) atoms. The molecule has 0 radical (unpaired) electrons. The molecule has 0 fully saturated rings. The molecule has 0 amide bonds. The van der Waals surface area contributed by atoms with E-state index < -0.39 is 0 Å². The SMILES string of the molecule is C#CC(CCC)NCc1cnco1. The lowest BCUT2D eigenvalue weighted by molar-refractivity contribution is 0.459. The fourth-order valence-electron chi connectivity index (χ4n) is 1.09. The fraction of sp³-hybridized carbons (Fsp3) is 0.500. The predicted octanol–water partition coefficient (Wildman–Crippen LogP) is 1.57. The van der Waals surface area contributed by atoms with Crippen LogP contribution in [0.1, 0.15) is 25.5 Å². The van der Waals surface area contributed by atoms with Crippen molar-refractivity contribution in [2.24, 2.45) is 0 Å². The van der Waals surface area contributed by atoms with E-state index in [9.17, 15) is 0 Å². The Bertz CT molecular complexity index is 261. The molecule has 1 rings (SSSR count). The first-order valence-corrected chi connectivity index (χ1v) is 4.43. The Morgan fingerprint density at radius 3 is 3.15 bits per heavy atom.